The topological polar surface area (TPSA) is 49.9 Å². The number of halogens is 1. The van der Waals surface area contributed by atoms with Crippen molar-refractivity contribution in [3.63, 3.8) is 0 Å². The molecule has 0 spiro atoms. The Bertz CT molecular complexity index is 496. The number of aromatic amines is 1. The third-order valence-corrected chi connectivity index (χ3v) is 2.50. The quantitative estimate of drug-likeness (QED) is 0.863. The maximum Gasteiger partial charge on any atom is 0.200 e. The van der Waals surface area contributed by atoms with Crippen LogP contribution in [0.4, 0.5) is 5.95 Å². The molecule has 1 aromatic carbocycles. The summed E-state index contributed by atoms with van der Waals surface area (Å²) in [5.41, 5.74) is 1.76. The molecule has 84 valence electrons. The molecule has 0 aliphatic carbocycles. The first-order chi connectivity index (χ1) is 7.74. The highest BCUT2D eigenvalue weighted by molar-refractivity contribution is 6.30. The van der Waals surface area contributed by atoms with E-state index in [1.165, 1.54) is 0 Å². The summed E-state index contributed by atoms with van der Waals surface area (Å²) in [5, 5.41) is 3.59. The fourth-order valence-corrected chi connectivity index (χ4v) is 1.65. The maximum atomic E-state index is 5.96. The number of ether oxygens (including phenoxy) is 1. The van der Waals surface area contributed by atoms with Crippen LogP contribution in [-0.4, -0.2) is 24.1 Å². The Hall–Kier alpha value is -1.68. The molecule has 0 aliphatic heterocycles. The lowest BCUT2D eigenvalue weighted by atomic mass is 10.1. The zero-order valence-electron chi connectivity index (χ0n) is 9.04. The van der Waals surface area contributed by atoms with Crippen molar-refractivity contribution < 1.29 is 4.74 Å². The van der Waals surface area contributed by atoms with Crippen molar-refractivity contribution in [1.29, 1.82) is 0 Å². The summed E-state index contributed by atoms with van der Waals surface area (Å²) in [6, 6.07) is 5.46. The molecule has 0 saturated heterocycles. The number of hydrogen-bond acceptors (Lipinski definition) is 3. The second-order valence-corrected chi connectivity index (χ2v) is 3.68. The fraction of sp³-hybridized carbons (Fsp3) is 0.182. The van der Waals surface area contributed by atoms with Crippen LogP contribution < -0.4 is 10.1 Å². The van der Waals surface area contributed by atoms with E-state index in [4.69, 9.17) is 16.3 Å². The van der Waals surface area contributed by atoms with E-state index in [-0.39, 0.29) is 0 Å². The molecule has 0 aliphatic rings. The second kappa shape index (κ2) is 4.45. The first kappa shape index (κ1) is 10.8. The molecule has 0 atom stereocenters. The van der Waals surface area contributed by atoms with Crippen molar-refractivity contribution in [2.24, 2.45) is 0 Å². The van der Waals surface area contributed by atoms with Crippen molar-refractivity contribution in [3.05, 3.63) is 29.4 Å². The Morgan fingerprint density at radius 3 is 2.88 bits per heavy atom. The minimum absolute atomic E-state index is 0.663. The van der Waals surface area contributed by atoms with Gasteiger partial charge in [0.25, 0.3) is 0 Å². The molecule has 2 aromatic rings. The van der Waals surface area contributed by atoms with Crippen LogP contribution in [0.3, 0.4) is 0 Å². The van der Waals surface area contributed by atoms with Crippen molar-refractivity contribution in [2.45, 2.75) is 0 Å². The number of H-pyrrole nitrogens is 1. The second-order valence-electron chi connectivity index (χ2n) is 3.24. The van der Waals surface area contributed by atoms with E-state index in [2.05, 4.69) is 15.3 Å². The van der Waals surface area contributed by atoms with Gasteiger partial charge in [-0.3, -0.25) is 0 Å². The molecule has 2 N–H and O–H groups in total. The van der Waals surface area contributed by atoms with Gasteiger partial charge in [0.15, 0.2) is 5.95 Å². The highest BCUT2D eigenvalue weighted by Gasteiger charge is 2.09. The lowest BCUT2D eigenvalue weighted by molar-refractivity contribution is 0.416. The molecule has 0 saturated carbocycles. The molecule has 16 heavy (non-hydrogen) atoms. The van der Waals surface area contributed by atoms with Crippen molar-refractivity contribution in [3.8, 4) is 17.0 Å². The summed E-state index contributed by atoms with van der Waals surface area (Å²) in [7, 11) is 3.43. The van der Waals surface area contributed by atoms with Gasteiger partial charge in [-0.2, -0.15) is 0 Å². The molecule has 0 unspecified atom stereocenters. The lowest BCUT2D eigenvalue weighted by Gasteiger charge is -2.06. The summed E-state index contributed by atoms with van der Waals surface area (Å²) < 4.78 is 5.27. The number of imidazole rings is 1. The van der Waals surface area contributed by atoms with Gasteiger partial charge in [-0.15, -0.1) is 0 Å². The third kappa shape index (κ3) is 1.97. The summed E-state index contributed by atoms with van der Waals surface area (Å²) >= 11 is 5.96. The molecular weight excluding hydrogens is 226 g/mol. The van der Waals surface area contributed by atoms with Crippen LogP contribution in [0.2, 0.25) is 5.02 Å². The van der Waals surface area contributed by atoms with Gasteiger partial charge in [-0.1, -0.05) is 11.6 Å². The molecule has 0 bridgehead atoms. The van der Waals surface area contributed by atoms with Crippen LogP contribution in [-0.2, 0) is 0 Å². The zero-order chi connectivity index (χ0) is 11.5. The van der Waals surface area contributed by atoms with Gasteiger partial charge in [0.2, 0.25) is 0 Å². The number of nitrogens with zero attached hydrogens (tertiary/aromatic N) is 1. The van der Waals surface area contributed by atoms with Gasteiger partial charge in [-0.05, 0) is 18.2 Å². The summed E-state index contributed by atoms with van der Waals surface area (Å²) in [5.74, 6) is 1.47. The predicted octanol–water partition coefficient (Wildman–Crippen LogP) is 2.78. The standard InChI is InChI=1S/C11H12ClN3O/c1-13-11-14-6-9(15-11)8-5-7(12)3-4-10(8)16-2/h3-6H,1-2H3,(H2,13,14,15). The number of anilines is 1. The van der Waals surface area contributed by atoms with Crippen LogP contribution in [0.25, 0.3) is 11.3 Å². The molecule has 0 amide bonds. The molecule has 4 nitrogen and oxygen atoms in total. The van der Waals surface area contributed by atoms with Gasteiger partial charge in [0.1, 0.15) is 5.75 Å². The van der Waals surface area contributed by atoms with Crippen LogP contribution in [0.5, 0.6) is 5.75 Å². The predicted molar refractivity (Wildman–Crippen MR) is 65.1 cm³/mol. The van der Waals surface area contributed by atoms with Crippen LogP contribution in [0, 0.1) is 0 Å². The number of hydrogen-bond donors (Lipinski definition) is 2. The van der Waals surface area contributed by atoms with Crippen molar-refractivity contribution in [1.82, 2.24) is 9.97 Å². The van der Waals surface area contributed by atoms with E-state index in [9.17, 15) is 0 Å². The molecule has 5 heteroatoms. The number of benzene rings is 1. The van der Waals surface area contributed by atoms with E-state index in [0.29, 0.717) is 11.0 Å². The Kier molecular flexibility index (Phi) is 3.01. The Morgan fingerprint density at radius 2 is 2.25 bits per heavy atom. The van der Waals surface area contributed by atoms with E-state index >= 15 is 0 Å². The van der Waals surface area contributed by atoms with E-state index in [0.717, 1.165) is 17.0 Å². The van der Waals surface area contributed by atoms with E-state index in [1.807, 2.05) is 12.1 Å². The fourth-order valence-electron chi connectivity index (χ4n) is 1.48. The van der Waals surface area contributed by atoms with Gasteiger partial charge in [-0.25, -0.2) is 4.98 Å². The summed E-state index contributed by atoms with van der Waals surface area (Å²) in [4.78, 5) is 7.27. The lowest BCUT2D eigenvalue weighted by Crippen LogP contribution is -1.90. The normalized spacial score (nSPS) is 10.2. The molecule has 1 heterocycles. The number of nitrogens with one attached hydrogen (secondary N) is 2. The minimum atomic E-state index is 0.663. The van der Waals surface area contributed by atoms with Crippen LogP contribution in [0.1, 0.15) is 0 Å². The van der Waals surface area contributed by atoms with Crippen molar-refractivity contribution in [2.75, 3.05) is 19.5 Å². The minimum Gasteiger partial charge on any atom is -0.496 e. The third-order valence-electron chi connectivity index (χ3n) is 2.26. The van der Waals surface area contributed by atoms with Gasteiger partial charge < -0.3 is 15.0 Å². The number of methoxy groups -OCH3 is 1. The van der Waals surface area contributed by atoms with Crippen molar-refractivity contribution >= 4 is 17.5 Å². The molecule has 0 radical (unpaired) electrons. The largest absolute Gasteiger partial charge is 0.496 e. The van der Waals surface area contributed by atoms with E-state index < -0.39 is 0 Å². The molecule has 2 rings (SSSR count). The van der Waals surface area contributed by atoms with Crippen LogP contribution >= 0.6 is 11.6 Å². The molecule has 0 fully saturated rings. The Labute approximate surface area is 98.6 Å². The van der Waals surface area contributed by atoms with Gasteiger partial charge in [0, 0.05) is 17.6 Å². The maximum absolute atomic E-state index is 5.96. The molecular formula is C11H12ClN3O. The SMILES string of the molecule is CNc1ncc(-c2cc(Cl)ccc2OC)[nH]1. The monoisotopic (exact) mass is 237 g/mol. The first-order valence-electron chi connectivity index (χ1n) is 4.81. The average molecular weight is 238 g/mol. The Balaban J connectivity index is 2.49. The smallest absolute Gasteiger partial charge is 0.200 e. The van der Waals surface area contributed by atoms with E-state index in [1.54, 1.807) is 26.4 Å². The average Bonchev–Trinajstić information content (AvgIpc) is 2.77. The zero-order valence-corrected chi connectivity index (χ0v) is 9.80. The number of rotatable bonds is 3. The van der Waals surface area contributed by atoms with Crippen LogP contribution in [0.15, 0.2) is 24.4 Å². The van der Waals surface area contributed by atoms with Gasteiger partial charge >= 0.3 is 0 Å². The van der Waals surface area contributed by atoms with Gasteiger partial charge in [0.05, 0.1) is 19.0 Å². The molecule has 1 aromatic heterocycles. The first-order valence-corrected chi connectivity index (χ1v) is 5.19. The Morgan fingerprint density at radius 1 is 1.44 bits per heavy atom. The number of aromatic nitrogens is 2. The summed E-state index contributed by atoms with van der Waals surface area (Å²) in [6.07, 6.45) is 1.74. The summed E-state index contributed by atoms with van der Waals surface area (Å²) in [6.45, 7) is 0. The highest BCUT2D eigenvalue weighted by atomic mass is 35.5. The highest BCUT2D eigenvalue weighted by Crippen LogP contribution is 2.31.